The molecule has 1 aromatic heterocycles. The van der Waals surface area contributed by atoms with Crippen molar-refractivity contribution in [3.05, 3.63) is 42.2 Å². The third kappa shape index (κ3) is 3.94. The smallest absolute Gasteiger partial charge is 0.321 e. The molecule has 2 aromatic rings. The van der Waals surface area contributed by atoms with Crippen LogP contribution in [0.15, 0.2) is 41.6 Å². The largest absolute Gasteiger partial charge is 0.423 e. The first-order valence-electron chi connectivity index (χ1n) is 6.06. The van der Waals surface area contributed by atoms with Crippen molar-refractivity contribution < 1.29 is 4.74 Å². The SMILES string of the molecule is CSc1ccccc1Oc1ncc(CC(C)N)cn1. The van der Waals surface area contributed by atoms with Crippen LogP contribution in [0.3, 0.4) is 0 Å². The zero-order chi connectivity index (χ0) is 13.7. The van der Waals surface area contributed by atoms with Crippen molar-refractivity contribution in [2.24, 2.45) is 5.73 Å². The van der Waals surface area contributed by atoms with Crippen molar-refractivity contribution >= 4 is 11.8 Å². The molecule has 2 N–H and O–H groups in total. The van der Waals surface area contributed by atoms with Crippen LogP contribution >= 0.6 is 11.8 Å². The van der Waals surface area contributed by atoms with Crippen molar-refractivity contribution in [3.8, 4) is 11.8 Å². The summed E-state index contributed by atoms with van der Waals surface area (Å²) in [4.78, 5) is 9.47. The van der Waals surface area contributed by atoms with Gasteiger partial charge in [0.05, 0.1) is 0 Å². The van der Waals surface area contributed by atoms with Crippen molar-refractivity contribution in [3.63, 3.8) is 0 Å². The first-order valence-corrected chi connectivity index (χ1v) is 7.29. The average molecular weight is 275 g/mol. The van der Waals surface area contributed by atoms with E-state index in [9.17, 15) is 0 Å². The van der Waals surface area contributed by atoms with E-state index in [-0.39, 0.29) is 6.04 Å². The number of para-hydroxylation sites is 1. The predicted octanol–water partition coefficient (Wildman–Crippen LogP) is 2.88. The van der Waals surface area contributed by atoms with Crippen LogP contribution in [0.25, 0.3) is 0 Å². The summed E-state index contributed by atoms with van der Waals surface area (Å²) in [6.45, 7) is 1.96. The maximum absolute atomic E-state index is 5.73. The highest BCUT2D eigenvalue weighted by Crippen LogP contribution is 2.29. The molecule has 1 heterocycles. The summed E-state index contributed by atoms with van der Waals surface area (Å²) in [7, 11) is 0. The van der Waals surface area contributed by atoms with E-state index in [4.69, 9.17) is 10.5 Å². The molecular weight excluding hydrogens is 258 g/mol. The quantitative estimate of drug-likeness (QED) is 0.850. The van der Waals surface area contributed by atoms with Crippen LogP contribution in [0.1, 0.15) is 12.5 Å². The van der Waals surface area contributed by atoms with Crippen molar-refractivity contribution in [1.29, 1.82) is 0 Å². The fraction of sp³-hybridized carbons (Fsp3) is 0.286. The molecule has 4 nitrogen and oxygen atoms in total. The van der Waals surface area contributed by atoms with Gasteiger partial charge in [0.1, 0.15) is 5.75 Å². The Balaban J connectivity index is 2.11. The van der Waals surface area contributed by atoms with E-state index in [1.165, 1.54) is 0 Å². The lowest BCUT2D eigenvalue weighted by molar-refractivity contribution is 0.431. The van der Waals surface area contributed by atoms with Crippen molar-refractivity contribution in [1.82, 2.24) is 9.97 Å². The number of ether oxygens (including phenoxy) is 1. The fourth-order valence-corrected chi connectivity index (χ4v) is 2.20. The Bertz CT molecular complexity index is 528. The van der Waals surface area contributed by atoms with Crippen LogP contribution in [0.5, 0.6) is 11.8 Å². The molecule has 0 aliphatic rings. The minimum Gasteiger partial charge on any atom is -0.423 e. The molecule has 0 radical (unpaired) electrons. The fourth-order valence-electron chi connectivity index (χ4n) is 1.67. The second kappa shape index (κ2) is 6.54. The van der Waals surface area contributed by atoms with E-state index in [2.05, 4.69) is 9.97 Å². The summed E-state index contributed by atoms with van der Waals surface area (Å²) in [5.74, 6) is 0.773. The van der Waals surface area contributed by atoms with Gasteiger partial charge in [-0.15, -0.1) is 11.8 Å². The number of nitrogens with two attached hydrogens (primary N) is 1. The molecule has 0 amide bonds. The van der Waals surface area contributed by atoms with E-state index in [1.54, 1.807) is 24.2 Å². The highest BCUT2D eigenvalue weighted by atomic mass is 32.2. The van der Waals surface area contributed by atoms with E-state index in [0.29, 0.717) is 6.01 Å². The molecule has 19 heavy (non-hydrogen) atoms. The Hall–Kier alpha value is -1.59. The van der Waals surface area contributed by atoms with Gasteiger partial charge in [-0.3, -0.25) is 0 Å². The Kier molecular flexibility index (Phi) is 4.76. The van der Waals surface area contributed by atoms with Crippen LogP contribution in [0.4, 0.5) is 0 Å². The van der Waals surface area contributed by atoms with Crippen LogP contribution in [-0.4, -0.2) is 22.3 Å². The van der Waals surface area contributed by atoms with E-state index in [0.717, 1.165) is 22.6 Å². The highest BCUT2D eigenvalue weighted by molar-refractivity contribution is 7.98. The lowest BCUT2D eigenvalue weighted by atomic mass is 10.1. The predicted molar refractivity (Wildman–Crippen MR) is 77.7 cm³/mol. The highest BCUT2D eigenvalue weighted by Gasteiger charge is 2.06. The summed E-state index contributed by atoms with van der Waals surface area (Å²) < 4.78 is 5.69. The van der Waals surface area contributed by atoms with Gasteiger partial charge in [0.25, 0.3) is 0 Å². The summed E-state index contributed by atoms with van der Waals surface area (Å²) in [5.41, 5.74) is 6.75. The summed E-state index contributed by atoms with van der Waals surface area (Å²) in [6, 6.07) is 8.28. The molecule has 100 valence electrons. The number of benzene rings is 1. The molecule has 1 atom stereocenters. The minimum atomic E-state index is 0.104. The first-order chi connectivity index (χ1) is 9.19. The molecule has 0 fully saturated rings. The van der Waals surface area contributed by atoms with E-state index in [1.807, 2.05) is 37.4 Å². The molecule has 0 bridgehead atoms. The third-order valence-electron chi connectivity index (χ3n) is 2.51. The van der Waals surface area contributed by atoms with Gasteiger partial charge in [0.15, 0.2) is 0 Å². The molecule has 0 aliphatic heterocycles. The summed E-state index contributed by atoms with van der Waals surface area (Å²) in [6.07, 6.45) is 6.29. The maximum Gasteiger partial charge on any atom is 0.321 e. The van der Waals surface area contributed by atoms with Gasteiger partial charge >= 0.3 is 6.01 Å². The Morgan fingerprint density at radius 2 is 1.95 bits per heavy atom. The molecule has 0 spiro atoms. The Morgan fingerprint density at radius 1 is 1.26 bits per heavy atom. The van der Waals surface area contributed by atoms with Gasteiger partial charge in [-0.05, 0) is 37.3 Å². The van der Waals surface area contributed by atoms with Gasteiger partial charge in [-0.2, -0.15) is 0 Å². The topological polar surface area (TPSA) is 61.0 Å². The van der Waals surface area contributed by atoms with Gasteiger partial charge in [0.2, 0.25) is 0 Å². The van der Waals surface area contributed by atoms with E-state index >= 15 is 0 Å². The van der Waals surface area contributed by atoms with E-state index < -0.39 is 0 Å². The lowest BCUT2D eigenvalue weighted by Gasteiger charge is -2.08. The normalized spacial score (nSPS) is 12.2. The monoisotopic (exact) mass is 275 g/mol. The van der Waals surface area contributed by atoms with Crippen LogP contribution in [0.2, 0.25) is 0 Å². The molecule has 2 rings (SSSR count). The second-order valence-corrected chi connectivity index (χ2v) is 5.16. The second-order valence-electron chi connectivity index (χ2n) is 4.31. The third-order valence-corrected chi connectivity index (χ3v) is 3.29. The van der Waals surface area contributed by atoms with Gasteiger partial charge in [-0.25, -0.2) is 9.97 Å². The molecule has 1 unspecified atom stereocenters. The Labute approximate surface area is 117 Å². The van der Waals surface area contributed by atoms with Crippen LogP contribution in [0, 0.1) is 0 Å². The number of hydrogen-bond donors (Lipinski definition) is 1. The molecule has 0 saturated carbocycles. The van der Waals surface area contributed by atoms with Crippen molar-refractivity contribution in [2.45, 2.75) is 24.3 Å². The molecule has 5 heteroatoms. The zero-order valence-electron chi connectivity index (χ0n) is 11.0. The van der Waals surface area contributed by atoms with Gasteiger partial charge < -0.3 is 10.5 Å². The molecule has 1 aromatic carbocycles. The van der Waals surface area contributed by atoms with Gasteiger partial charge in [-0.1, -0.05) is 12.1 Å². The average Bonchev–Trinajstić information content (AvgIpc) is 2.41. The maximum atomic E-state index is 5.73. The van der Waals surface area contributed by atoms with Crippen LogP contribution < -0.4 is 10.5 Å². The lowest BCUT2D eigenvalue weighted by Crippen LogP contribution is -2.17. The molecule has 0 saturated heterocycles. The number of aromatic nitrogens is 2. The number of hydrogen-bond acceptors (Lipinski definition) is 5. The number of rotatable bonds is 5. The number of thioether (sulfide) groups is 1. The van der Waals surface area contributed by atoms with Crippen molar-refractivity contribution in [2.75, 3.05) is 6.26 Å². The number of nitrogens with zero attached hydrogens (tertiary/aromatic N) is 2. The first kappa shape index (κ1) is 13.8. The summed E-state index contributed by atoms with van der Waals surface area (Å²) >= 11 is 1.63. The molecular formula is C14H17N3OS. The summed E-state index contributed by atoms with van der Waals surface area (Å²) in [5, 5.41) is 0. The zero-order valence-corrected chi connectivity index (χ0v) is 11.9. The Morgan fingerprint density at radius 3 is 2.58 bits per heavy atom. The van der Waals surface area contributed by atoms with Crippen LogP contribution in [-0.2, 0) is 6.42 Å². The minimum absolute atomic E-state index is 0.104. The molecule has 0 aliphatic carbocycles. The standard InChI is InChI=1S/C14H17N3OS/c1-10(15)7-11-8-16-14(17-9-11)18-12-5-3-4-6-13(12)19-2/h3-6,8-10H,7,15H2,1-2H3. The van der Waals surface area contributed by atoms with Gasteiger partial charge in [0, 0.05) is 23.3 Å².